The second kappa shape index (κ2) is 8.41. The van der Waals surface area contributed by atoms with E-state index in [0.29, 0.717) is 42.2 Å². The van der Waals surface area contributed by atoms with Crippen molar-refractivity contribution in [3.63, 3.8) is 0 Å². The van der Waals surface area contributed by atoms with Crippen LogP contribution in [0.25, 0.3) is 0 Å². The highest BCUT2D eigenvalue weighted by Crippen LogP contribution is 2.32. The van der Waals surface area contributed by atoms with Gasteiger partial charge in [0.2, 0.25) is 5.52 Å². The van der Waals surface area contributed by atoms with Crippen molar-refractivity contribution in [1.82, 2.24) is 0 Å². The van der Waals surface area contributed by atoms with Gasteiger partial charge in [0.1, 0.15) is 14.7 Å². The van der Waals surface area contributed by atoms with Gasteiger partial charge in [0.05, 0.1) is 27.7 Å². The molecular formula is C13H25NO4P+. The molecule has 0 aliphatic rings. The van der Waals surface area contributed by atoms with Gasteiger partial charge in [-0.3, -0.25) is 4.79 Å². The Labute approximate surface area is 116 Å². The molecule has 0 aromatic heterocycles. The van der Waals surface area contributed by atoms with E-state index in [1.54, 1.807) is 6.92 Å². The topological polar surface area (TPSA) is 63.6 Å². The van der Waals surface area contributed by atoms with Crippen LogP contribution in [0.5, 0.6) is 0 Å². The Hall–Kier alpha value is -0.770. The fourth-order valence-electron chi connectivity index (χ4n) is 1.26. The molecule has 0 heterocycles. The Balaban J connectivity index is 3.75. The Bertz CT molecular complexity index is 336. The molecule has 0 saturated heterocycles. The van der Waals surface area contributed by atoms with Crippen LogP contribution in [0.2, 0.25) is 0 Å². The van der Waals surface area contributed by atoms with Crippen LogP contribution in [-0.4, -0.2) is 61.3 Å². The van der Waals surface area contributed by atoms with E-state index in [9.17, 15) is 14.5 Å². The maximum absolute atomic E-state index is 11.7. The molecule has 1 N–H and O–H groups in total. The minimum absolute atomic E-state index is 0.0820. The van der Waals surface area contributed by atoms with Gasteiger partial charge < -0.3 is 14.1 Å². The van der Waals surface area contributed by atoms with Crippen molar-refractivity contribution in [2.45, 2.75) is 19.8 Å². The second-order valence-electron chi connectivity index (χ2n) is 5.59. The van der Waals surface area contributed by atoms with E-state index in [-0.39, 0.29) is 5.52 Å². The van der Waals surface area contributed by atoms with Crippen molar-refractivity contribution in [2.24, 2.45) is 0 Å². The maximum Gasteiger partial charge on any atom is 0.333 e. The maximum atomic E-state index is 11.7. The number of likely N-dealkylation sites (N-methyl/N-ethyl adjacent to an activating group) is 1. The summed E-state index contributed by atoms with van der Waals surface area (Å²) in [6.45, 7) is 5.72. The molecule has 0 aromatic rings. The molecule has 0 radical (unpaired) electrons. The van der Waals surface area contributed by atoms with Crippen molar-refractivity contribution in [2.75, 3.05) is 40.5 Å². The average molecular weight is 290 g/mol. The molecule has 0 fully saturated rings. The Kier molecular flexibility index (Phi) is 8.07. The summed E-state index contributed by atoms with van der Waals surface area (Å²) in [5, 5.41) is 0. The number of hydrogen-bond acceptors (Lipinski definition) is 4. The number of ether oxygens (including phenoxy) is 1. The average Bonchev–Trinajstić information content (AvgIpc) is 2.25. The van der Waals surface area contributed by atoms with Gasteiger partial charge in [0, 0.05) is 5.57 Å². The zero-order valence-electron chi connectivity index (χ0n) is 12.3. The Morgan fingerprint density at radius 2 is 1.84 bits per heavy atom. The Morgan fingerprint density at radius 3 is 2.32 bits per heavy atom. The summed E-state index contributed by atoms with van der Waals surface area (Å²) in [4.78, 5) is 32.5. The summed E-state index contributed by atoms with van der Waals surface area (Å²) in [7, 11) is 4.18. The summed E-state index contributed by atoms with van der Waals surface area (Å²) >= 11 is 0. The molecule has 110 valence electrons. The molecule has 0 bridgehead atoms. The van der Waals surface area contributed by atoms with Crippen LogP contribution in [-0.2, 0) is 14.3 Å². The lowest BCUT2D eigenvalue weighted by atomic mass is 10.3. The van der Waals surface area contributed by atoms with Gasteiger partial charge in [0.15, 0.2) is 0 Å². The second-order valence-corrected chi connectivity index (χ2v) is 7.33. The molecule has 0 saturated carbocycles. The normalized spacial score (nSPS) is 12.9. The molecule has 0 rings (SSSR count). The lowest BCUT2D eigenvalue weighted by Crippen LogP contribution is -2.39. The molecular weight excluding hydrogens is 265 g/mol. The van der Waals surface area contributed by atoms with Crippen molar-refractivity contribution in [3.05, 3.63) is 12.2 Å². The summed E-state index contributed by atoms with van der Waals surface area (Å²) in [6.07, 6.45) is 1.80. The number of carbonyl (C=O) groups excluding carboxylic acids is 2. The minimum atomic E-state index is -1.56. The van der Waals surface area contributed by atoms with Crippen LogP contribution in [0, 0.1) is 0 Å². The predicted octanol–water partition coefficient (Wildman–Crippen LogP) is 1.51. The van der Waals surface area contributed by atoms with Crippen LogP contribution in [0.15, 0.2) is 12.2 Å². The van der Waals surface area contributed by atoms with Crippen LogP contribution >= 0.6 is 8.15 Å². The van der Waals surface area contributed by atoms with Gasteiger partial charge in [-0.2, -0.15) is 0 Å². The smallest absolute Gasteiger partial charge is 0.333 e. The van der Waals surface area contributed by atoms with Crippen molar-refractivity contribution in [1.29, 1.82) is 0 Å². The van der Waals surface area contributed by atoms with Gasteiger partial charge in [-0.25, -0.2) is 4.79 Å². The molecule has 5 nitrogen and oxygen atoms in total. The highest BCUT2D eigenvalue weighted by atomic mass is 31.1. The first kappa shape index (κ1) is 18.2. The molecule has 19 heavy (non-hydrogen) atoms. The van der Waals surface area contributed by atoms with Crippen molar-refractivity contribution < 1.29 is 23.7 Å². The standard InChI is InChI=1S/C13H25NO4P/c1-11(2)13(16)18-8-6-7-9-19(17)12(15)10-14(3,4)5/h17H,1,6-10H2,2-5H3/q+1. The molecule has 1 unspecified atom stereocenters. The summed E-state index contributed by atoms with van der Waals surface area (Å²) in [5.41, 5.74) is 0.295. The third kappa shape index (κ3) is 9.77. The van der Waals surface area contributed by atoms with Crippen LogP contribution in [0.4, 0.5) is 0 Å². The largest absolute Gasteiger partial charge is 0.462 e. The number of esters is 1. The lowest BCUT2D eigenvalue weighted by Gasteiger charge is -2.23. The van der Waals surface area contributed by atoms with Gasteiger partial charge in [-0.1, -0.05) is 6.58 Å². The highest BCUT2D eigenvalue weighted by Gasteiger charge is 2.21. The molecule has 0 spiro atoms. The molecule has 0 aliphatic heterocycles. The van der Waals surface area contributed by atoms with E-state index in [1.165, 1.54) is 0 Å². The predicted molar refractivity (Wildman–Crippen MR) is 76.9 cm³/mol. The molecule has 1 atom stereocenters. The van der Waals surface area contributed by atoms with E-state index in [1.807, 2.05) is 21.1 Å². The number of unbranched alkanes of at least 4 members (excludes halogenated alkanes) is 1. The zero-order chi connectivity index (χ0) is 15.1. The van der Waals surface area contributed by atoms with Crippen LogP contribution in [0.1, 0.15) is 19.8 Å². The van der Waals surface area contributed by atoms with E-state index in [2.05, 4.69) is 6.58 Å². The SMILES string of the molecule is C=C(C)C(=O)OCCCCP(O)C(=O)C[N+](C)(C)C. The highest BCUT2D eigenvalue weighted by molar-refractivity contribution is 7.69. The number of carbonyl (C=O) groups is 2. The molecule has 0 aliphatic carbocycles. The van der Waals surface area contributed by atoms with E-state index < -0.39 is 14.1 Å². The van der Waals surface area contributed by atoms with E-state index in [4.69, 9.17) is 4.74 Å². The van der Waals surface area contributed by atoms with Crippen LogP contribution in [0.3, 0.4) is 0 Å². The third-order valence-corrected chi connectivity index (χ3v) is 3.70. The van der Waals surface area contributed by atoms with Gasteiger partial charge >= 0.3 is 5.97 Å². The number of rotatable bonds is 9. The quantitative estimate of drug-likeness (QED) is 0.230. The molecule has 0 amide bonds. The Morgan fingerprint density at radius 1 is 1.26 bits per heavy atom. The summed E-state index contributed by atoms with van der Waals surface area (Å²) in [6, 6.07) is 0. The third-order valence-electron chi connectivity index (χ3n) is 2.24. The first-order valence-corrected chi connectivity index (χ1v) is 7.74. The van der Waals surface area contributed by atoms with Crippen molar-refractivity contribution >= 4 is 19.6 Å². The van der Waals surface area contributed by atoms with Gasteiger partial charge in [-0.05, 0) is 25.9 Å². The lowest BCUT2D eigenvalue weighted by molar-refractivity contribution is -0.861. The monoisotopic (exact) mass is 290 g/mol. The fraction of sp³-hybridized carbons (Fsp3) is 0.692. The molecule has 0 aromatic carbocycles. The van der Waals surface area contributed by atoms with Gasteiger partial charge in [0.25, 0.3) is 0 Å². The fourth-order valence-corrected chi connectivity index (χ4v) is 2.62. The minimum Gasteiger partial charge on any atom is -0.462 e. The van der Waals surface area contributed by atoms with E-state index >= 15 is 0 Å². The molecule has 6 heteroatoms. The number of quaternary nitrogens is 1. The first-order valence-electron chi connectivity index (χ1n) is 6.26. The summed E-state index contributed by atoms with van der Waals surface area (Å²) < 4.78 is 5.45. The summed E-state index contributed by atoms with van der Waals surface area (Å²) in [5.74, 6) is -0.396. The number of hydrogen-bond donors (Lipinski definition) is 1. The first-order chi connectivity index (χ1) is 8.63. The number of nitrogens with zero attached hydrogens (tertiary/aromatic N) is 1. The van der Waals surface area contributed by atoms with Crippen LogP contribution < -0.4 is 0 Å². The zero-order valence-corrected chi connectivity index (χ0v) is 13.2. The van der Waals surface area contributed by atoms with Crippen molar-refractivity contribution in [3.8, 4) is 0 Å². The van der Waals surface area contributed by atoms with E-state index in [0.717, 1.165) is 0 Å². The van der Waals surface area contributed by atoms with Gasteiger partial charge in [-0.15, -0.1) is 0 Å².